The van der Waals surface area contributed by atoms with E-state index in [0.717, 1.165) is 49.9 Å². The summed E-state index contributed by atoms with van der Waals surface area (Å²) in [6, 6.07) is 8.01. The summed E-state index contributed by atoms with van der Waals surface area (Å²) in [6.07, 6.45) is 2.93. The van der Waals surface area contributed by atoms with Crippen molar-refractivity contribution in [1.82, 2.24) is 4.90 Å². The molecule has 134 valence electrons. The number of aliphatic carboxylic acids is 1. The summed E-state index contributed by atoms with van der Waals surface area (Å²) in [6.45, 7) is 5.27. The van der Waals surface area contributed by atoms with Crippen LogP contribution in [0.4, 0.5) is 0 Å². The van der Waals surface area contributed by atoms with Gasteiger partial charge in [0.15, 0.2) is 0 Å². The van der Waals surface area contributed by atoms with Crippen LogP contribution in [0.2, 0.25) is 0 Å². The third-order valence-electron chi connectivity index (χ3n) is 5.13. The molecular formula is C19H29NO4. The zero-order valence-electron chi connectivity index (χ0n) is 14.6. The first-order valence-corrected chi connectivity index (χ1v) is 8.73. The molecule has 0 aliphatic carbocycles. The van der Waals surface area contributed by atoms with Crippen LogP contribution in [-0.4, -0.2) is 52.0 Å². The first-order valence-electron chi connectivity index (χ1n) is 8.73. The average Bonchev–Trinajstić information content (AvgIpc) is 2.57. The van der Waals surface area contributed by atoms with Gasteiger partial charge in [-0.05, 0) is 50.7 Å². The largest absolute Gasteiger partial charge is 0.481 e. The normalized spacial score (nSPS) is 18.5. The first kappa shape index (κ1) is 18.9. The van der Waals surface area contributed by atoms with E-state index in [1.807, 2.05) is 24.3 Å². The molecule has 0 spiro atoms. The van der Waals surface area contributed by atoms with Crippen molar-refractivity contribution in [2.45, 2.75) is 57.1 Å². The quantitative estimate of drug-likeness (QED) is 0.712. The van der Waals surface area contributed by atoms with Gasteiger partial charge < -0.3 is 15.3 Å². The van der Waals surface area contributed by atoms with E-state index < -0.39 is 11.4 Å². The van der Waals surface area contributed by atoms with Gasteiger partial charge in [0.2, 0.25) is 0 Å². The zero-order chi connectivity index (χ0) is 17.7. The van der Waals surface area contributed by atoms with Crippen molar-refractivity contribution in [3.05, 3.63) is 35.4 Å². The topological polar surface area (TPSA) is 81.0 Å². The van der Waals surface area contributed by atoms with Gasteiger partial charge in [-0.3, -0.25) is 9.69 Å². The Balaban J connectivity index is 2.18. The molecule has 5 heteroatoms. The van der Waals surface area contributed by atoms with Crippen LogP contribution in [0.5, 0.6) is 0 Å². The fraction of sp³-hybridized carbons (Fsp3) is 0.632. The lowest BCUT2D eigenvalue weighted by atomic mass is 9.84. The summed E-state index contributed by atoms with van der Waals surface area (Å²) in [4.78, 5) is 13.8. The number of nitrogens with zero attached hydrogens (tertiary/aromatic N) is 1. The molecule has 1 aromatic carbocycles. The second kappa shape index (κ2) is 8.10. The smallest absolute Gasteiger partial charge is 0.313 e. The van der Waals surface area contributed by atoms with Crippen LogP contribution in [-0.2, 0) is 10.2 Å². The number of carboxylic acid groups (broad SMARTS) is 1. The Morgan fingerprint density at radius 2 is 1.83 bits per heavy atom. The molecule has 0 saturated carbocycles. The summed E-state index contributed by atoms with van der Waals surface area (Å²) in [5.74, 6) is -0.836. The number of carboxylic acids is 1. The monoisotopic (exact) mass is 335 g/mol. The maximum Gasteiger partial charge on any atom is 0.313 e. The standard InChI is InChI=1S/C19H29NO4/c1-19(2,18(23)24)15-7-5-14(6-8-15)17(4-3-13-21)20-11-9-16(22)10-12-20/h5-8,16-17,21-22H,3-4,9-13H2,1-2H3,(H,23,24). The van der Waals surface area contributed by atoms with Crippen molar-refractivity contribution in [3.8, 4) is 0 Å². The fourth-order valence-corrected chi connectivity index (χ4v) is 3.29. The summed E-state index contributed by atoms with van der Waals surface area (Å²) >= 11 is 0. The van der Waals surface area contributed by atoms with Crippen molar-refractivity contribution < 1.29 is 20.1 Å². The molecule has 1 heterocycles. The SMILES string of the molecule is CC(C)(C(=O)O)c1ccc(C(CCCO)N2CCC(O)CC2)cc1. The van der Waals surface area contributed by atoms with E-state index in [4.69, 9.17) is 0 Å². The van der Waals surface area contributed by atoms with Gasteiger partial charge in [0.05, 0.1) is 11.5 Å². The van der Waals surface area contributed by atoms with Gasteiger partial charge in [-0.15, -0.1) is 0 Å². The van der Waals surface area contributed by atoms with Crippen LogP contribution in [0.25, 0.3) is 0 Å². The number of aliphatic hydroxyl groups is 2. The minimum absolute atomic E-state index is 0.164. The molecule has 1 saturated heterocycles. The number of hydrogen-bond donors (Lipinski definition) is 3. The van der Waals surface area contributed by atoms with Gasteiger partial charge in [-0.25, -0.2) is 0 Å². The number of carbonyl (C=O) groups is 1. The predicted molar refractivity (Wildman–Crippen MR) is 93.0 cm³/mol. The number of likely N-dealkylation sites (tertiary alicyclic amines) is 1. The van der Waals surface area contributed by atoms with E-state index in [1.54, 1.807) is 13.8 Å². The van der Waals surface area contributed by atoms with Crippen LogP contribution in [0, 0.1) is 0 Å². The van der Waals surface area contributed by atoms with Crippen LogP contribution in [0.1, 0.15) is 56.7 Å². The van der Waals surface area contributed by atoms with Crippen LogP contribution in [0.15, 0.2) is 24.3 Å². The van der Waals surface area contributed by atoms with Crippen LogP contribution in [0.3, 0.4) is 0 Å². The second-order valence-electron chi connectivity index (χ2n) is 7.20. The highest BCUT2D eigenvalue weighted by Gasteiger charge is 2.30. The summed E-state index contributed by atoms with van der Waals surface area (Å²) < 4.78 is 0. The molecule has 1 aliphatic rings. The molecular weight excluding hydrogens is 306 g/mol. The van der Waals surface area contributed by atoms with Crippen molar-refractivity contribution in [2.24, 2.45) is 0 Å². The Hall–Kier alpha value is -1.43. The Kier molecular flexibility index (Phi) is 6.38. The molecule has 1 aromatic rings. The predicted octanol–water partition coefficient (Wildman–Crippen LogP) is 2.32. The van der Waals surface area contributed by atoms with Gasteiger partial charge in [-0.1, -0.05) is 24.3 Å². The number of piperidine rings is 1. The minimum atomic E-state index is -0.908. The van der Waals surface area contributed by atoms with Crippen molar-refractivity contribution in [2.75, 3.05) is 19.7 Å². The van der Waals surface area contributed by atoms with E-state index in [2.05, 4.69) is 4.90 Å². The van der Waals surface area contributed by atoms with Gasteiger partial charge in [-0.2, -0.15) is 0 Å². The van der Waals surface area contributed by atoms with Crippen molar-refractivity contribution >= 4 is 5.97 Å². The number of rotatable bonds is 7. The molecule has 1 atom stereocenters. The Bertz CT molecular complexity index is 533. The molecule has 1 unspecified atom stereocenters. The van der Waals surface area contributed by atoms with Crippen molar-refractivity contribution in [3.63, 3.8) is 0 Å². The molecule has 1 fully saturated rings. The average molecular weight is 335 g/mol. The van der Waals surface area contributed by atoms with E-state index in [9.17, 15) is 20.1 Å². The summed E-state index contributed by atoms with van der Waals surface area (Å²) in [5.41, 5.74) is 1.02. The van der Waals surface area contributed by atoms with Crippen molar-refractivity contribution in [1.29, 1.82) is 0 Å². The van der Waals surface area contributed by atoms with Gasteiger partial charge in [0, 0.05) is 25.7 Å². The minimum Gasteiger partial charge on any atom is -0.481 e. The number of benzene rings is 1. The van der Waals surface area contributed by atoms with E-state index in [0.29, 0.717) is 0 Å². The molecule has 0 radical (unpaired) electrons. The highest BCUT2D eigenvalue weighted by Crippen LogP contribution is 2.31. The maximum atomic E-state index is 11.4. The highest BCUT2D eigenvalue weighted by molar-refractivity contribution is 5.80. The molecule has 24 heavy (non-hydrogen) atoms. The lowest BCUT2D eigenvalue weighted by Gasteiger charge is -2.36. The molecule has 0 bridgehead atoms. The Morgan fingerprint density at radius 1 is 1.25 bits per heavy atom. The molecule has 0 aromatic heterocycles. The van der Waals surface area contributed by atoms with E-state index >= 15 is 0 Å². The molecule has 1 aliphatic heterocycles. The second-order valence-corrected chi connectivity index (χ2v) is 7.20. The third-order valence-corrected chi connectivity index (χ3v) is 5.13. The third kappa shape index (κ3) is 4.35. The van der Waals surface area contributed by atoms with E-state index in [-0.39, 0.29) is 18.8 Å². The molecule has 2 rings (SSSR count). The van der Waals surface area contributed by atoms with E-state index in [1.165, 1.54) is 0 Å². The van der Waals surface area contributed by atoms with Gasteiger partial charge in [0.1, 0.15) is 0 Å². The number of hydrogen-bond acceptors (Lipinski definition) is 4. The van der Waals surface area contributed by atoms with Crippen LogP contribution < -0.4 is 0 Å². The summed E-state index contributed by atoms with van der Waals surface area (Å²) in [7, 11) is 0. The lowest BCUT2D eigenvalue weighted by Crippen LogP contribution is -2.38. The van der Waals surface area contributed by atoms with Crippen LogP contribution >= 0.6 is 0 Å². The fourth-order valence-electron chi connectivity index (χ4n) is 3.29. The molecule has 5 nitrogen and oxygen atoms in total. The molecule has 0 amide bonds. The summed E-state index contributed by atoms with van der Waals surface area (Å²) in [5, 5.41) is 28.3. The zero-order valence-corrected chi connectivity index (χ0v) is 14.6. The lowest BCUT2D eigenvalue weighted by molar-refractivity contribution is -0.142. The highest BCUT2D eigenvalue weighted by atomic mass is 16.4. The Morgan fingerprint density at radius 3 is 2.33 bits per heavy atom. The Labute approximate surface area is 143 Å². The molecule has 3 N–H and O–H groups in total. The van der Waals surface area contributed by atoms with Gasteiger partial charge in [0.25, 0.3) is 0 Å². The van der Waals surface area contributed by atoms with Gasteiger partial charge >= 0.3 is 5.97 Å². The number of aliphatic hydroxyl groups excluding tert-OH is 2. The maximum absolute atomic E-state index is 11.4. The first-order chi connectivity index (χ1) is 11.4.